The minimum absolute atomic E-state index is 0.00944. The van der Waals surface area contributed by atoms with E-state index in [0.29, 0.717) is 17.7 Å². The normalized spacial score (nSPS) is 17.0. The molecule has 0 bridgehead atoms. The van der Waals surface area contributed by atoms with E-state index in [2.05, 4.69) is 25.6 Å². The minimum atomic E-state index is -4.57. The fraction of sp³-hybridized carbons (Fsp3) is 0.577. The molecule has 2 aromatic rings. The molecule has 9 nitrogen and oxygen atoms in total. The number of hydrogen-bond acceptors (Lipinski definition) is 6. The number of halogens is 4. The Morgan fingerprint density at radius 3 is 2.28 bits per heavy atom. The van der Waals surface area contributed by atoms with Gasteiger partial charge >= 0.3 is 6.18 Å². The molecule has 13 heteroatoms. The van der Waals surface area contributed by atoms with Gasteiger partial charge < -0.3 is 16.0 Å². The summed E-state index contributed by atoms with van der Waals surface area (Å²) in [6.07, 6.45) is -0.434. The molecule has 1 aromatic heterocycles. The molecule has 3 amide bonds. The molecular weight excluding hydrogens is 522 g/mol. The summed E-state index contributed by atoms with van der Waals surface area (Å²) in [6.45, 7) is 3.23. The van der Waals surface area contributed by atoms with Gasteiger partial charge in [-0.05, 0) is 92.1 Å². The van der Waals surface area contributed by atoms with Crippen molar-refractivity contribution in [3.05, 3.63) is 40.5 Å². The second-order valence-corrected chi connectivity index (χ2v) is 10.3. The van der Waals surface area contributed by atoms with Gasteiger partial charge in [0.25, 0.3) is 5.91 Å². The third-order valence-electron chi connectivity index (χ3n) is 7.33. The van der Waals surface area contributed by atoms with Gasteiger partial charge in [0.1, 0.15) is 24.1 Å². The summed E-state index contributed by atoms with van der Waals surface area (Å²) >= 11 is 0. The third kappa shape index (κ3) is 6.93. The van der Waals surface area contributed by atoms with E-state index in [-0.39, 0.29) is 34.7 Å². The van der Waals surface area contributed by atoms with Crippen LogP contribution in [0.4, 0.5) is 23.2 Å². The number of carbonyl (C=O) groups is 3. The number of alkyl halides is 3. The maximum atomic E-state index is 15.1. The van der Waals surface area contributed by atoms with Crippen LogP contribution in [0.5, 0.6) is 0 Å². The van der Waals surface area contributed by atoms with Crippen molar-refractivity contribution in [3.8, 4) is 0 Å². The highest BCUT2D eigenvalue weighted by atomic mass is 19.4. The quantitative estimate of drug-likeness (QED) is 0.361. The summed E-state index contributed by atoms with van der Waals surface area (Å²) in [4.78, 5) is 38.8. The van der Waals surface area contributed by atoms with Gasteiger partial charge in [0.2, 0.25) is 11.8 Å². The number of benzene rings is 1. The lowest BCUT2D eigenvalue weighted by Crippen LogP contribution is -2.50. The Morgan fingerprint density at radius 2 is 1.72 bits per heavy atom. The van der Waals surface area contributed by atoms with Crippen molar-refractivity contribution in [1.82, 2.24) is 20.9 Å². The number of anilines is 1. The van der Waals surface area contributed by atoms with E-state index in [1.807, 2.05) is 0 Å². The molecule has 0 saturated heterocycles. The Morgan fingerprint density at radius 1 is 1.08 bits per heavy atom. The zero-order chi connectivity index (χ0) is 28.5. The lowest BCUT2D eigenvalue weighted by molar-refractivity contribution is -0.139. The molecular formula is C26H31F4N5O4. The van der Waals surface area contributed by atoms with Crippen LogP contribution in [0.2, 0.25) is 0 Å². The summed E-state index contributed by atoms with van der Waals surface area (Å²) in [6, 6.07) is 1.41. The molecule has 2 fully saturated rings. The molecule has 2 saturated carbocycles. The van der Waals surface area contributed by atoms with Gasteiger partial charge in [-0.3, -0.25) is 14.4 Å². The van der Waals surface area contributed by atoms with Crippen molar-refractivity contribution >= 4 is 23.4 Å². The monoisotopic (exact) mass is 553 g/mol. The molecule has 0 spiro atoms. The Kier molecular flexibility index (Phi) is 8.26. The number of rotatable bonds is 11. The van der Waals surface area contributed by atoms with Crippen molar-refractivity contribution in [2.75, 3.05) is 11.9 Å². The van der Waals surface area contributed by atoms with Crippen molar-refractivity contribution in [2.24, 2.45) is 17.8 Å². The molecule has 2 atom stereocenters. The van der Waals surface area contributed by atoms with E-state index in [4.69, 9.17) is 0 Å². The highest BCUT2D eigenvalue weighted by molar-refractivity contribution is 6.01. The van der Waals surface area contributed by atoms with Gasteiger partial charge in [-0.2, -0.15) is 13.2 Å². The first-order valence-electron chi connectivity index (χ1n) is 13.0. The topological polar surface area (TPSA) is 126 Å². The zero-order valence-corrected chi connectivity index (χ0v) is 21.8. The fourth-order valence-corrected chi connectivity index (χ4v) is 5.00. The number of nitrogens with one attached hydrogen (secondary N) is 3. The second kappa shape index (κ2) is 11.3. The number of hydrogen-bond donors (Lipinski definition) is 3. The Bertz CT molecular complexity index is 1230. The third-order valence-corrected chi connectivity index (χ3v) is 7.33. The van der Waals surface area contributed by atoms with E-state index < -0.39 is 48.2 Å². The van der Waals surface area contributed by atoms with Crippen LogP contribution < -0.4 is 16.0 Å². The Labute approximate surface area is 222 Å². The molecule has 0 radical (unpaired) electrons. The first kappa shape index (κ1) is 28.5. The van der Waals surface area contributed by atoms with Gasteiger partial charge in [0.05, 0.1) is 11.6 Å². The van der Waals surface area contributed by atoms with Crippen LogP contribution in [-0.2, 0) is 16.0 Å². The maximum absolute atomic E-state index is 15.1. The first-order chi connectivity index (χ1) is 18.4. The number of nitrogens with zero attached hydrogens (tertiary/aromatic N) is 2. The molecule has 2 aliphatic carbocycles. The van der Waals surface area contributed by atoms with Gasteiger partial charge in [0, 0.05) is 0 Å². The van der Waals surface area contributed by atoms with E-state index in [1.165, 1.54) is 13.0 Å². The van der Waals surface area contributed by atoms with Crippen molar-refractivity contribution in [3.63, 3.8) is 0 Å². The zero-order valence-electron chi connectivity index (χ0n) is 21.8. The predicted octanol–water partition coefficient (Wildman–Crippen LogP) is 4.03. The lowest BCUT2D eigenvalue weighted by atomic mass is 9.88. The molecule has 1 aromatic carbocycles. The molecule has 1 unspecified atom stereocenters. The van der Waals surface area contributed by atoms with Gasteiger partial charge in [0.15, 0.2) is 5.69 Å². The largest absolute Gasteiger partial charge is 0.405 e. The van der Waals surface area contributed by atoms with Gasteiger partial charge in [-0.15, -0.1) is 0 Å². The SMILES string of the molecule is CCc1nonc1C(=O)N[C@H](C(=O)Nc1cc(C)c(C(C)C(=O)NCC(F)(F)F)cc1F)C(C1CC1)C1CC1. The van der Waals surface area contributed by atoms with Crippen LogP contribution in [0.3, 0.4) is 0 Å². The van der Waals surface area contributed by atoms with Crippen LogP contribution in [0, 0.1) is 30.5 Å². The van der Waals surface area contributed by atoms with Crippen LogP contribution >= 0.6 is 0 Å². The smallest absolute Gasteiger partial charge is 0.346 e. The second-order valence-electron chi connectivity index (χ2n) is 10.3. The first-order valence-corrected chi connectivity index (χ1v) is 13.0. The van der Waals surface area contributed by atoms with Crippen LogP contribution in [0.25, 0.3) is 0 Å². The van der Waals surface area contributed by atoms with Crippen molar-refractivity contribution in [1.29, 1.82) is 0 Å². The van der Waals surface area contributed by atoms with E-state index in [0.717, 1.165) is 31.7 Å². The highest BCUT2D eigenvalue weighted by Gasteiger charge is 2.48. The summed E-state index contributed by atoms with van der Waals surface area (Å²) in [7, 11) is 0. The van der Waals surface area contributed by atoms with E-state index >= 15 is 4.39 Å². The summed E-state index contributed by atoms with van der Waals surface area (Å²) < 4.78 is 57.2. The van der Waals surface area contributed by atoms with Crippen molar-refractivity contribution < 1.29 is 36.6 Å². The molecule has 3 N–H and O–H groups in total. The number of carbonyl (C=O) groups excluding carboxylic acids is 3. The van der Waals surface area contributed by atoms with Crippen LogP contribution in [0.15, 0.2) is 16.8 Å². The van der Waals surface area contributed by atoms with Crippen LogP contribution in [0.1, 0.15) is 72.8 Å². The summed E-state index contributed by atoms with van der Waals surface area (Å²) in [5.74, 6) is -3.61. The highest BCUT2D eigenvalue weighted by Crippen LogP contribution is 2.51. The standard InChI is InChI=1S/C26H31F4N5O4/c1-4-18-21(35-39-34-18)24(37)33-22(20(14-5-6-14)15-7-8-15)25(38)32-19-9-12(2)16(10-17(19)27)13(3)23(36)31-11-26(28,29)30/h9-10,13-15,20,22H,4-8,11H2,1-3H3,(H,31,36)(H,32,38)(H,33,37)/t13?,22-/m0/s1. The maximum Gasteiger partial charge on any atom is 0.405 e. The Hall–Kier alpha value is -3.51. The predicted molar refractivity (Wildman–Crippen MR) is 131 cm³/mol. The molecule has 4 rings (SSSR count). The Balaban J connectivity index is 1.53. The van der Waals surface area contributed by atoms with E-state index in [9.17, 15) is 27.6 Å². The van der Waals surface area contributed by atoms with Crippen LogP contribution in [-0.4, -0.2) is 46.8 Å². The average molecular weight is 554 g/mol. The molecule has 0 aliphatic heterocycles. The fourth-order valence-electron chi connectivity index (χ4n) is 5.00. The van der Waals surface area contributed by atoms with E-state index in [1.54, 1.807) is 19.2 Å². The average Bonchev–Trinajstić information content (AvgIpc) is 3.82. The summed E-state index contributed by atoms with van der Waals surface area (Å²) in [5, 5.41) is 14.5. The number of aryl methyl sites for hydroxylation is 2. The van der Waals surface area contributed by atoms with Gasteiger partial charge in [-0.1, -0.05) is 12.1 Å². The molecule has 39 heavy (non-hydrogen) atoms. The summed E-state index contributed by atoms with van der Waals surface area (Å²) in [5.41, 5.74) is 0.779. The lowest BCUT2D eigenvalue weighted by Gasteiger charge is -2.27. The number of amides is 3. The molecule has 2 aliphatic rings. The minimum Gasteiger partial charge on any atom is -0.346 e. The van der Waals surface area contributed by atoms with Gasteiger partial charge in [-0.25, -0.2) is 9.02 Å². The number of aromatic nitrogens is 2. The molecule has 212 valence electrons. The molecule has 1 heterocycles. The van der Waals surface area contributed by atoms with Crippen molar-refractivity contribution in [2.45, 2.75) is 71.0 Å².